The van der Waals surface area contributed by atoms with Crippen LogP contribution in [0.3, 0.4) is 0 Å². The number of aromatic nitrogens is 2. The van der Waals surface area contributed by atoms with Crippen LogP contribution in [-0.2, 0) is 19.5 Å². The average molecular weight is 342 g/mol. The SMILES string of the molecule is Cc1ccc(CN2CCc3c(nc(N4CCCC(C)C4)[nH]c3=O)C2)o1. The topological polar surface area (TPSA) is 65.4 Å². The van der Waals surface area contributed by atoms with Crippen molar-refractivity contribution in [1.82, 2.24) is 14.9 Å². The van der Waals surface area contributed by atoms with Gasteiger partial charge in [0.1, 0.15) is 11.5 Å². The van der Waals surface area contributed by atoms with Crippen molar-refractivity contribution in [3.63, 3.8) is 0 Å². The van der Waals surface area contributed by atoms with Crippen molar-refractivity contribution in [3.8, 4) is 0 Å². The number of rotatable bonds is 3. The monoisotopic (exact) mass is 342 g/mol. The number of H-pyrrole nitrogens is 1. The van der Waals surface area contributed by atoms with Crippen molar-refractivity contribution in [3.05, 3.63) is 45.3 Å². The molecular weight excluding hydrogens is 316 g/mol. The minimum absolute atomic E-state index is 0.0340. The Kier molecular flexibility index (Phi) is 4.37. The molecule has 1 N–H and O–H groups in total. The number of anilines is 1. The number of hydrogen-bond acceptors (Lipinski definition) is 5. The lowest BCUT2D eigenvalue weighted by Gasteiger charge is -2.33. The molecule has 4 heterocycles. The number of fused-ring (bicyclic) bond motifs is 1. The smallest absolute Gasteiger partial charge is 0.255 e. The lowest BCUT2D eigenvalue weighted by atomic mass is 10.0. The van der Waals surface area contributed by atoms with Gasteiger partial charge in [0, 0.05) is 31.7 Å². The Balaban J connectivity index is 1.55. The van der Waals surface area contributed by atoms with Crippen LogP contribution >= 0.6 is 0 Å². The molecule has 0 saturated carbocycles. The first-order chi connectivity index (χ1) is 12.1. The van der Waals surface area contributed by atoms with E-state index in [0.717, 1.165) is 67.7 Å². The molecule has 6 nitrogen and oxygen atoms in total. The Morgan fingerprint density at radius 1 is 1.36 bits per heavy atom. The molecule has 2 aliphatic heterocycles. The maximum absolute atomic E-state index is 12.5. The number of furan rings is 1. The Morgan fingerprint density at radius 3 is 3.00 bits per heavy atom. The Morgan fingerprint density at radius 2 is 2.24 bits per heavy atom. The summed E-state index contributed by atoms with van der Waals surface area (Å²) in [6, 6.07) is 4.02. The number of piperidine rings is 1. The van der Waals surface area contributed by atoms with Gasteiger partial charge < -0.3 is 9.32 Å². The van der Waals surface area contributed by atoms with E-state index in [1.807, 2.05) is 19.1 Å². The van der Waals surface area contributed by atoms with E-state index in [9.17, 15) is 4.79 Å². The minimum atomic E-state index is 0.0340. The third-order valence-corrected chi connectivity index (χ3v) is 5.27. The van der Waals surface area contributed by atoms with Gasteiger partial charge in [-0.3, -0.25) is 14.7 Å². The zero-order chi connectivity index (χ0) is 17.4. The van der Waals surface area contributed by atoms with Crippen LogP contribution in [0.15, 0.2) is 21.3 Å². The lowest BCUT2D eigenvalue weighted by Crippen LogP contribution is -2.39. The van der Waals surface area contributed by atoms with E-state index >= 15 is 0 Å². The summed E-state index contributed by atoms with van der Waals surface area (Å²) in [6.45, 7) is 8.49. The van der Waals surface area contributed by atoms with Crippen LogP contribution in [0.2, 0.25) is 0 Å². The molecular formula is C19H26N4O2. The average Bonchev–Trinajstić information content (AvgIpc) is 2.99. The van der Waals surface area contributed by atoms with Gasteiger partial charge in [-0.2, -0.15) is 0 Å². The molecule has 0 aromatic carbocycles. The highest BCUT2D eigenvalue weighted by atomic mass is 16.3. The maximum atomic E-state index is 12.5. The quantitative estimate of drug-likeness (QED) is 0.928. The molecule has 1 unspecified atom stereocenters. The molecule has 0 bridgehead atoms. The van der Waals surface area contributed by atoms with Crippen LogP contribution in [-0.4, -0.2) is 34.5 Å². The second-order valence-electron chi connectivity index (χ2n) is 7.48. The molecule has 2 aromatic heterocycles. The van der Waals surface area contributed by atoms with Crippen LogP contribution < -0.4 is 10.5 Å². The summed E-state index contributed by atoms with van der Waals surface area (Å²) in [6.07, 6.45) is 3.15. The highest BCUT2D eigenvalue weighted by Gasteiger charge is 2.24. The summed E-state index contributed by atoms with van der Waals surface area (Å²) >= 11 is 0. The summed E-state index contributed by atoms with van der Waals surface area (Å²) in [4.78, 5) is 24.9. The predicted octanol–water partition coefficient (Wildman–Crippen LogP) is 2.47. The van der Waals surface area contributed by atoms with E-state index in [4.69, 9.17) is 9.40 Å². The van der Waals surface area contributed by atoms with Crippen LogP contribution in [0.4, 0.5) is 5.95 Å². The molecule has 1 fully saturated rings. The number of hydrogen-bond donors (Lipinski definition) is 1. The molecule has 0 radical (unpaired) electrons. The van der Waals surface area contributed by atoms with Gasteiger partial charge >= 0.3 is 0 Å². The summed E-state index contributed by atoms with van der Waals surface area (Å²) in [5.41, 5.74) is 1.80. The number of nitrogens with one attached hydrogen (secondary N) is 1. The molecule has 0 aliphatic carbocycles. The largest absolute Gasteiger partial charge is 0.465 e. The third kappa shape index (κ3) is 3.49. The fourth-order valence-electron chi connectivity index (χ4n) is 3.94. The van der Waals surface area contributed by atoms with E-state index in [2.05, 4.69) is 21.7 Å². The second-order valence-corrected chi connectivity index (χ2v) is 7.48. The number of nitrogens with zero attached hydrogens (tertiary/aromatic N) is 3. The Bertz CT molecular complexity index is 810. The summed E-state index contributed by atoms with van der Waals surface area (Å²) in [7, 11) is 0. The van der Waals surface area contributed by atoms with Gasteiger partial charge in [-0.25, -0.2) is 4.98 Å². The first-order valence-electron chi connectivity index (χ1n) is 9.23. The third-order valence-electron chi connectivity index (χ3n) is 5.27. The van der Waals surface area contributed by atoms with Gasteiger partial charge in [0.2, 0.25) is 5.95 Å². The first-order valence-corrected chi connectivity index (χ1v) is 9.23. The minimum Gasteiger partial charge on any atom is -0.465 e. The molecule has 134 valence electrons. The molecule has 2 aromatic rings. The Hall–Kier alpha value is -2.08. The first kappa shape index (κ1) is 16.4. The molecule has 4 rings (SSSR count). The van der Waals surface area contributed by atoms with Crippen LogP contribution in [0.1, 0.15) is 42.5 Å². The zero-order valence-corrected chi connectivity index (χ0v) is 15.0. The number of aromatic amines is 1. The Labute approximate surface area is 147 Å². The molecule has 1 atom stereocenters. The van der Waals surface area contributed by atoms with E-state index in [0.29, 0.717) is 12.5 Å². The highest BCUT2D eigenvalue weighted by Crippen LogP contribution is 2.22. The van der Waals surface area contributed by atoms with Crippen molar-refractivity contribution < 1.29 is 4.42 Å². The van der Waals surface area contributed by atoms with Gasteiger partial charge in [0.25, 0.3) is 5.56 Å². The number of aryl methyl sites for hydroxylation is 1. The molecule has 2 aliphatic rings. The van der Waals surface area contributed by atoms with Crippen molar-refractivity contribution >= 4 is 5.95 Å². The lowest BCUT2D eigenvalue weighted by molar-refractivity contribution is 0.220. The van der Waals surface area contributed by atoms with Crippen molar-refractivity contribution in [1.29, 1.82) is 0 Å². The molecule has 25 heavy (non-hydrogen) atoms. The van der Waals surface area contributed by atoms with Gasteiger partial charge in [0.05, 0.1) is 12.2 Å². The van der Waals surface area contributed by atoms with E-state index < -0.39 is 0 Å². The van der Waals surface area contributed by atoms with Crippen LogP contribution in [0, 0.1) is 12.8 Å². The second kappa shape index (κ2) is 6.67. The zero-order valence-electron chi connectivity index (χ0n) is 15.0. The van der Waals surface area contributed by atoms with Crippen molar-refractivity contribution in [2.24, 2.45) is 5.92 Å². The highest BCUT2D eigenvalue weighted by molar-refractivity contribution is 5.35. The maximum Gasteiger partial charge on any atom is 0.255 e. The van der Waals surface area contributed by atoms with Gasteiger partial charge in [-0.15, -0.1) is 0 Å². The van der Waals surface area contributed by atoms with Crippen LogP contribution in [0.5, 0.6) is 0 Å². The van der Waals surface area contributed by atoms with Gasteiger partial charge in [-0.1, -0.05) is 6.92 Å². The molecule has 0 spiro atoms. The van der Waals surface area contributed by atoms with Crippen molar-refractivity contribution in [2.75, 3.05) is 24.5 Å². The van der Waals surface area contributed by atoms with E-state index in [-0.39, 0.29) is 5.56 Å². The molecule has 6 heteroatoms. The van der Waals surface area contributed by atoms with Crippen LogP contribution in [0.25, 0.3) is 0 Å². The molecule has 1 saturated heterocycles. The molecule has 0 amide bonds. The summed E-state index contributed by atoms with van der Waals surface area (Å²) in [5, 5.41) is 0. The van der Waals surface area contributed by atoms with Gasteiger partial charge in [-0.05, 0) is 44.2 Å². The standard InChI is InChI=1S/C19H26N4O2/c1-13-4-3-8-23(10-13)19-20-17-12-22(9-7-16(17)18(24)21-19)11-15-6-5-14(2)25-15/h5-6,13H,3-4,7-12H2,1-2H3,(H,20,21,24). The summed E-state index contributed by atoms with van der Waals surface area (Å²) < 4.78 is 5.69. The van der Waals surface area contributed by atoms with Crippen molar-refractivity contribution in [2.45, 2.75) is 46.2 Å². The van der Waals surface area contributed by atoms with E-state index in [1.54, 1.807) is 0 Å². The fraction of sp³-hybridized carbons (Fsp3) is 0.579. The van der Waals surface area contributed by atoms with E-state index in [1.165, 1.54) is 6.42 Å². The summed E-state index contributed by atoms with van der Waals surface area (Å²) in [5.74, 6) is 3.29. The normalized spacial score (nSPS) is 21.4. The van der Waals surface area contributed by atoms with Gasteiger partial charge in [0.15, 0.2) is 0 Å². The predicted molar refractivity (Wildman–Crippen MR) is 96.7 cm³/mol. The fourth-order valence-corrected chi connectivity index (χ4v) is 3.94.